The fourth-order valence-corrected chi connectivity index (χ4v) is 2.88. The van der Waals surface area contributed by atoms with E-state index in [1.54, 1.807) is 0 Å². The molecule has 0 aliphatic carbocycles. The Morgan fingerprint density at radius 1 is 1.17 bits per heavy atom. The van der Waals surface area contributed by atoms with Crippen LogP contribution < -0.4 is 14.8 Å². The van der Waals surface area contributed by atoms with E-state index < -0.39 is 28.3 Å². The van der Waals surface area contributed by atoms with Crippen molar-refractivity contribution >= 4 is 21.6 Å². The number of carbonyl (C=O) groups excluding carboxylic acids is 1. The van der Waals surface area contributed by atoms with Crippen LogP contribution in [-0.2, 0) is 14.8 Å². The zero-order chi connectivity index (χ0) is 17.6. The van der Waals surface area contributed by atoms with E-state index in [9.17, 15) is 17.6 Å². The third-order valence-electron chi connectivity index (χ3n) is 2.98. The van der Waals surface area contributed by atoms with Gasteiger partial charge in [-0.15, -0.1) is 0 Å². The van der Waals surface area contributed by atoms with Crippen LogP contribution in [0.25, 0.3) is 0 Å². The van der Waals surface area contributed by atoms with Crippen molar-refractivity contribution in [2.24, 2.45) is 0 Å². The highest BCUT2D eigenvalue weighted by atomic mass is 32.2. The Morgan fingerprint density at radius 3 is 2.50 bits per heavy atom. The van der Waals surface area contributed by atoms with E-state index in [0.29, 0.717) is 12.4 Å². The van der Waals surface area contributed by atoms with Gasteiger partial charge in [0.05, 0.1) is 18.0 Å². The van der Waals surface area contributed by atoms with Gasteiger partial charge in [-0.3, -0.25) is 4.79 Å². The van der Waals surface area contributed by atoms with E-state index in [2.05, 4.69) is 10.0 Å². The van der Waals surface area contributed by atoms with E-state index in [0.717, 1.165) is 6.07 Å². The van der Waals surface area contributed by atoms with Gasteiger partial charge in [-0.25, -0.2) is 17.5 Å². The average molecular weight is 352 g/mol. The molecule has 2 rings (SSSR count). The maximum Gasteiger partial charge on any atom is 0.241 e. The minimum atomic E-state index is -3.83. The van der Waals surface area contributed by atoms with Crippen LogP contribution in [0, 0.1) is 5.82 Å². The third kappa shape index (κ3) is 5.04. The zero-order valence-electron chi connectivity index (χ0n) is 13.0. The molecule has 0 radical (unpaired) electrons. The van der Waals surface area contributed by atoms with Crippen LogP contribution in [0.1, 0.15) is 6.92 Å². The number of nitrogens with one attached hydrogen (secondary N) is 2. The lowest BCUT2D eigenvalue weighted by Gasteiger charge is -2.09. The minimum absolute atomic E-state index is 0.0181. The summed E-state index contributed by atoms with van der Waals surface area (Å²) in [5.41, 5.74) is 0.250. The van der Waals surface area contributed by atoms with Gasteiger partial charge < -0.3 is 10.1 Å². The first-order chi connectivity index (χ1) is 11.4. The van der Waals surface area contributed by atoms with Crippen molar-refractivity contribution in [2.75, 3.05) is 18.5 Å². The Bertz CT molecular complexity index is 807. The molecular formula is C16H17FN2O4S. The van der Waals surface area contributed by atoms with Gasteiger partial charge in [0.2, 0.25) is 15.9 Å². The number of sulfonamides is 1. The van der Waals surface area contributed by atoms with Gasteiger partial charge in [-0.2, -0.15) is 0 Å². The standard InChI is InChI=1S/C16H17FN2O4S/c1-2-23-14-6-8-15(9-7-14)24(21,22)18-11-16(20)19-13-5-3-4-12(17)10-13/h3-10,18H,2,11H2,1H3,(H,19,20). The van der Waals surface area contributed by atoms with Crippen LogP contribution in [0.5, 0.6) is 5.75 Å². The molecule has 8 heteroatoms. The number of hydrogen-bond donors (Lipinski definition) is 2. The maximum atomic E-state index is 13.0. The second kappa shape index (κ2) is 7.89. The molecule has 2 aromatic rings. The first kappa shape index (κ1) is 17.9. The summed E-state index contributed by atoms with van der Waals surface area (Å²) in [4.78, 5) is 11.8. The van der Waals surface area contributed by atoms with Crippen LogP contribution in [0.15, 0.2) is 53.4 Å². The lowest BCUT2D eigenvalue weighted by molar-refractivity contribution is -0.115. The highest BCUT2D eigenvalue weighted by Crippen LogP contribution is 2.15. The van der Waals surface area contributed by atoms with Crippen LogP contribution >= 0.6 is 0 Å². The second-order valence-corrected chi connectivity index (χ2v) is 6.55. The molecule has 0 saturated carbocycles. The van der Waals surface area contributed by atoms with Gasteiger partial charge in [-0.1, -0.05) is 6.07 Å². The lowest BCUT2D eigenvalue weighted by atomic mass is 10.3. The molecule has 0 heterocycles. The molecule has 2 N–H and O–H groups in total. The number of halogens is 1. The van der Waals surface area contributed by atoms with Gasteiger partial charge in [0, 0.05) is 5.69 Å². The summed E-state index contributed by atoms with van der Waals surface area (Å²) in [5.74, 6) is -0.543. The summed E-state index contributed by atoms with van der Waals surface area (Å²) in [7, 11) is -3.83. The Morgan fingerprint density at radius 2 is 1.88 bits per heavy atom. The lowest BCUT2D eigenvalue weighted by Crippen LogP contribution is -2.32. The molecule has 0 aliphatic rings. The van der Waals surface area contributed by atoms with E-state index in [-0.39, 0.29) is 10.6 Å². The molecule has 0 unspecified atom stereocenters. The minimum Gasteiger partial charge on any atom is -0.494 e. The van der Waals surface area contributed by atoms with Crippen molar-refractivity contribution in [3.8, 4) is 5.75 Å². The highest BCUT2D eigenvalue weighted by molar-refractivity contribution is 7.89. The molecule has 1 amide bonds. The molecule has 2 aromatic carbocycles. The quantitative estimate of drug-likeness (QED) is 0.800. The smallest absolute Gasteiger partial charge is 0.241 e. The Labute approximate surface area is 139 Å². The first-order valence-electron chi connectivity index (χ1n) is 7.18. The summed E-state index contributed by atoms with van der Waals surface area (Å²) < 4.78 is 44.7. The van der Waals surface area contributed by atoms with Crippen molar-refractivity contribution in [2.45, 2.75) is 11.8 Å². The first-order valence-corrected chi connectivity index (χ1v) is 8.67. The number of rotatable bonds is 7. The van der Waals surface area contributed by atoms with Crippen molar-refractivity contribution in [1.29, 1.82) is 0 Å². The van der Waals surface area contributed by atoms with Crippen LogP contribution in [-0.4, -0.2) is 27.5 Å². The zero-order valence-corrected chi connectivity index (χ0v) is 13.8. The molecule has 0 spiro atoms. The van der Waals surface area contributed by atoms with E-state index in [4.69, 9.17) is 4.74 Å². The molecular weight excluding hydrogens is 335 g/mol. The molecule has 128 valence electrons. The summed E-state index contributed by atoms with van der Waals surface area (Å²) in [6.45, 7) is 1.83. The Kier molecular flexibility index (Phi) is 5.88. The van der Waals surface area contributed by atoms with Crippen molar-refractivity contribution in [3.05, 3.63) is 54.3 Å². The van der Waals surface area contributed by atoms with Crippen molar-refractivity contribution in [1.82, 2.24) is 4.72 Å². The van der Waals surface area contributed by atoms with E-state index >= 15 is 0 Å². The maximum absolute atomic E-state index is 13.0. The van der Waals surface area contributed by atoms with Gasteiger partial charge in [-0.05, 0) is 49.4 Å². The van der Waals surface area contributed by atoms with Crippen LogP contribution in [0.3, 0.4) is 0 Å². The van der Waals surface area contributed by atoms with Gasteiger partial charge in [0.25, 0.3) is 0 Å². The second-order valence-electron chi connectivity index (χ2n) is 4.79. The number of benzene rings is 2. The molecule has 0 fully saturated rings. The molecule has 0 saturated heterocycles. The number of hydrogen-bond acceptors (Lipinski definition) is 4. The number of carbonyl (C=O) groups is 1. The monoisotopic (exact) mass is 352 g/mol. The van der Waals surface area contributed by atoms with Gasteiger partial charge in [0.1, 0.15) is 11.6 Å². The largest absolute Gasteiger partial charge is 0.494 e. The van der Waals surface area contributed by atoms with E-state index in [1.807, 2.05) is 6.92 Å². The number of anilines is 1. The third-order valence-corrected chi connectivity index (χ3v) is 4.39. The topological polar surface area (TPSA) is 84.5 Å². The fourth-order valence-electron chi connectivity index (χ4n) is 1.90. The van der Waals surface area contributed by atoms with Crippen molar-refractivity contribution < 1.29 is 22.3 Å². The number of amides is 1. The molecule has 6 nitrogen and oxygen atoms in total. The van der Waals surface area contributed by atoms with E-state index in [1.165, 1.54) is 42.5 Å². The predicted octanol–water partition coefficient (Wildman–Crippen LogP) is 2.14. The van der Waals surface area contributed by atoms with Crippen LogP contribution in [0.2, 0.25) is 0 Å². The van der Waals surface area contributed by atoms with Crippen molar-refractivity contribution in [3.63, 3.8) is 0 Å². The fraction of sp³-hybridized carbons (Fsp3) is 0.188. The Balaban J connectivity index is 1.95. The predicted molar refractivity (Wildman–Crippen MR) is 87.8 cm³/mol. The summed E-state index contributed by atoms with van der Waals surface area (Å²) >= 11 is 0. The van der Waals surface area contributed by atoms with Gasteiger partial charge in [0.15, 0.2) is 0 Å². The molecule has 0 aromatic heterocycles. The van der Waals surface area contributed by atoms with Gasteiger partial charge >= 0.3 is 0 Å². The highest BCUT2D eigenvalue weighted by Gasteiger charge is 2.15. The SMILES string of the molecule is CCOc1ccc(S(=O)(=O)NCC(=O)Nc2cccc(F)c2)cc1. The van der Waals surface area contributed by atoms with Crippen LogP contribution in [0.4, 0.5) is 10.1 Å². The normalized spacial score (nSPS) is 11.1. The molecule has 0 bridgehead atoms. The average Bonchev–Trinajstić information content (AvgIpc) is 2.54. The number of ether oxygens (including phenoxy) is 1. The molecule has 24 heavy (non-hydrogen) atoms. The molecule has 0 aliphatic heterocycles. The molecule has 0 atom stereocenters. The summed E-state index contributed by atoms with van der Waals surface area (Å²) in [6, 6.07) is 11.2. The summed E-state index contributed by atoms with van der Waals surface area (Å²) in [6.07, 6.45) is 0. The summed E-state index contributed by atoms with van der Waals surface area (Å²) in [5, 5.41) is 2.41. The Hall–Kier alpha value is -2.45.